The van der Waals surface area contributed by atoms with Crippen molar-refractivity contribution >= 4 is 29.3 Å². The molecule has 0 saturated carbocycles. The maximum absolute atomic E-state index is 12.8. The van der Waals surface area contributed by atoms with E-state index in [0.717, 1.165) is 31.5 Å². The van der Waals surface area contributed by atoms with Gasteiger partial charge in [-0.25, -0.2) is 0 Å². The zero-order valence-corrected chi connectivity index (χ0v) is 14.5. The summed E-state index contributed by atoms with van der Waals surface area (Å²) >= 11 is 5.95. The number of aromatic amines is 1. The first-order valence-corrected chi connectivity index (χ1v) is 8.94. The summed E-state index contributed by atoms with van der Waals surface area (Å²) in [4.78, 5) is 34.5. The third kappa shape index (κ3) is 3.14. The molecular weight excluding hydrogens is 340 g/mol. The van der Waals surface area contributed by atoms with Gasteiger partial charge < -0.3 is 10.2 Å². The average Bonchev–Trinajstić information content (AvgIpc) is 2.62. The number of benzene rings is 1. The average molecular weight is 359 g/mol. The first-order valence-electron chi connectivity index (χ1n) is 8.56. The Labute approximate surface area is 150 Å². The number of nitrogens with one attached hydrogen (secondary N) is 2. The van der Waals surface area contributed by atoms with Crippen LogP contribution in [0.25, 0.3) is 0 Å². The van der Waals surface area contributed by atoms with E-state index in [1.54, 1.807) is 12.1 Å². The molecule has 0 radical (unpaired) electrons. The van der Waals surface area contributed by atoms with Crippen LogP contribution in [-0.4, -0.2) is 29.0 Å². The van der Waals surface area contributed by atoms with Crippen molar-refractivity contribution in [2.75, 3.05) is 23.3 Å². The number of fused-ring (bicyclic) bond motifs is 1. The molecule has 2 aliphatic heterocycles. The summed E-state index contributed by atoms with van der Waals surface area (Å²) in [5.41, 5.74) is 1.21. The molecule has 25 heavy (non-hydrogen) atoms. The second kappa shape index (κ2) is 6.52. The van der Waals surface area contributed by atoms with Crippen molar-refractivity contribution in [1.82, 2.24) is 9.97 Å². The summed E-state index contributed by atoms with van der Waals surface area (Å²) in [6, 6.07) is 7.25. The van der Waals surface area contributed by atoms with Crippen molar-refractivity contribution in [1.29, 1.82) is 0 Å². The highest BCUT2D eigenvalue weighted by molar-refractivity contribution is 6.30. The summed E-state index contributed by atoms with van der Waals surface area (Å²) in [5, 5.41) is 3.39. The van der Waals surface area contributed by atoms with Crippen LogP contribution in [0.2, 0.25) is 5.02 Å². The van der Waals surface area contributed by atoms with Crippen LogP contribution < -0.4 is 15.8 Å². The fourth-order valence-corrected chi connectivity index (χ4v) is 3.72. The van der Waals surface area contributed by atoms with Gasteiger partial charge >= 0.3 is 0 Å². The van der Waals surface area contributed by atoms with Gasteiger partial charge in [0, 0.05) is 30.5 Å². The molecule has 130 valence electrons. The fourth-order valence-electron chi connectivity index (χ4n) is 3.59. The van der Waals surface area contributed by atoms with Gasteiger partial charge in [-0.2, -0.15) is 4.98 Å². The van der Waals surface area contributed by atoms with Gasteiger partial charge in [0.15, 0.2) is 0 Å². The number of piperidine rings is 1. The number of hydrogen-bond donors (Lipinski definition) is 2. The smallest absolute Gasteiger partial charge is 0.258 e. The van der Waals surface area contributed by atoms with Gasteiger partial charge in [-0.05, 0) is 37.0 Å². The monoisotopic (exact) mass is 358 g/mol. The summed E-state index contributed by atoms with van der Waals surface area (Å²) in [5.74, 6) is 0.476. The molecule has 7 heteroatoms. The summed E-state index contributed by atoms with van der Waals surface area (Å²) in [6.07, 6.45) is 3.59. The molecule has 3 heterocycles. The van der Waals surface area contributed by atoms with Crippen molar-refractivity contribution < 1.29 is 4.79 Å². The Balaban J connectivity index is 1.77. The van der Waals surface area contributed by atoms with Crippen molar-refractivity contribution in [3.8, 4) is 0 Å². The van der Waals surface area contributed by atoms with Gasteiger partial charge in [-0.15, -0.1) is 0 Å². The Morgan fingerprint density at radius 3 is 2.52 bits per heavy atom. The highest BCUT2D eigenvalue weighted by Crippen LogP contribution is 2.34. The predicted octanol–water partition coefficient (Wildman–Crippen LogP) is 2.89. The van der Waals surface area contributed by atoms with Crippen LogP contribution in [0.4, 0.5) is 11.8 Å². The molecule has 1 aromatic carbocycles. The molecule has 1 aromatic heterocycles. The van der Waals surface area contributed by atoms with Crippen LogP contribution in [0.1, 0.15) is 42.7 Å². The topological polar surface area (TPSA) is 78.1 Å². The lowest BCUT2D eigenvalue weighted by Crippen LogP contribution is -2.36. The summed E-state index contributed by atoms with van der Waals surface area (Å²) in [7, 11) is 0. The SMILES string of the molecule is O=C1CC(c2ccc(Cl)cc2)c2c(nc(N3CCCCC3)[nH]c2=O)N1. The highest BCUT2D eigenvalue weighted by atomic mass is 35.5. The number of carbonyl (C=O) groups excluding carboxylic acids is 1. The Morgan fingerprint density at radius 1 is 1.08 bits per heavy atom. The van der Waals surface area contributed by atoms with E-state index >= 15 is 0 Å². The van der Waals surface area contributed by atoms with E-state index in [0.29, 0.717) is 22.4 Å². The number of hydrogen-bond acceptors (Lipinski definition) is 4. The highest BCUT2D eigenvalue weighted by Gasteiger charge is 2.31. The van der Waals surface area contributed by atoms with Crippen LogP contribution in [0.15, 0.2) is 29.1 Å². The van der Waals surface area contributed by atoms with Crippen LogP contribution >= 0.6 is 11.6 Å². The molecule has 0 spiro atoms. The molecule has 0 bridgehead atoms. The van der Waals surface area contributed by atoms with Crippen LogP contribution in [0, 0.1) is 0 Å². The number of amides is 1. The second-order valence-corrected chi connectivity index (χ2v) is 6.99. The Hall–Kier alpha value is -2.34. The Morgan fingerprint density at radius 2 is 1.80 bits per heavy atom. The van der Waals surface area contributed by atoms with E-state index in [9.17, 15) is 9.59 Å². The van der Waals surface area contributed by atoms with E-state index < -0.39 is 0 Å². The lowest BCUT2D eigenvalue weighted by atomic mass is 9.87. The lowest BCUT2D eigenvalue weighted by Gasteiger charge is -2.29. The summed E-state index contributed by atoms with van der Waals surface area (Å²) < 4.78 is 0. The minimum Gasteiger partial charge on any atom is -0.342 e. The number of halogens is 1. The van der Waals surface area contributed by atoms with Crippen molar-refractivity contribution in [2.45, 2.75) is 31.6 Å². The molecule has 2 aliphatic rings. The molecule has 4 rings (SSSR count). The molecule has 2 N–H and O–H groups in total. The molecule has 1 amide bonds. The van der Waals surface area contributed by atoms with E-state index in [1.165, 1.54) is 6.42 Å². The normalized spacial score (nSPS) is 20.1. The third-order valence-electron chi connectivity index (χ3n) is 4.87. The maximum Gasteiger partial charge on any atom is 0.258 e. The van der Waals surface area contributed by atoms with E-state index in [-0.39, 0.29) is 23.8 Å². The van der Waals surface area contributed by atoms with Gasteiger partial charge in [0.05, 0.1) is 5.56 Å². The zero-order valence-electron chi connectivity index (χ0n) is 13.7. The number of H-pyrrole nitrogens is 1. The largest absolute Gasteiger partial charge is 0.342 e. The van der Waals surface area contributed by atoms with Gasteiger partial charge in [0.25, 0.3) is 5.56 Å². The molecule has 1 unspecified atom stereocenters. The molecule has 1 fully saturated rings. The molecular formula is C18H19ClN4O2. The van der Waals surface area contributed by atoms with Crippen LogP contribution in [0.5, 0.6) is 0 Å². The molecule has 1 saturated heterocycles. The van der Waals surface area contributed by atoms with Crippen molar-refractivity contribution in [3.05, 3.63) is 50.8 Å². The predicted molar refractivity (Wildman–Crippen MR) is 97.5 cm³/mol. The van der Waals surface area contributed by atoms with E-state index in [2.05, 4.69) is 20.2 Å². The quantitative estimate of drug-likeness (QED) is 0.865. The number of aromatic nitrogens is 2. The van der Waals surface area contributed by atoms with Gasteiger partial charge in [-0.1, -0.05) is 23.7 Å². The molecule has 6 nitrogen and oxygen atoms in total. The first kappa shape index (κ1) is 16.1. The Bertz CT molecular complexity index is 856. The van der Waals surface area contributed by atoms with Crippen molar-refractivity contribution in [3.63, 3.8) is 0 Å². The van der Waals surface area contributed by atoms with E-state index in [1.807, 2.05) is 12.1 Å². The maximum atomic E-state index is 12.8. The molecule has 2 aromatic rings. The summed E-state index contributed by atoms with van der Waals surface area (Å²) in [6.45, 7) is 1.74. The molecule has 1 atom stereocenters. The standard InChI is InChI=1S/C18H19ClN4O2/c19-12-6-4-11(5-7-12)13-10-14(24)20-16-15(13)17(25)22-18(21-16)23-8-2-1-3-9-23/h4-7,13H,1-3,8-10H2,(H2,20,21,22,24,25). The van der Waals surface area contributed by atoms with Gasteiger partial charge in [0.2, 0.25) is 11.9 Å². The number of nitrogens with zero attached hydrogens (tertiary/aromatic N) is 2. The van der Waals surface area contributed by atoms with Crippen molar-refractivity contribution in [2.24, 2.45) is 0 Å². The van der Waals surface area contributed by atoms with Crippen LogP contribution in [0.3, 0.4) is 0 Å². The minimum absolute atomic E-state index is 0.129. The van der Waals surface area contributed by atoms with Gasteiger partial charge in [-0.3, -0.25) is 14.6 Å². The zero-order chi connectivity index (χ0) is 17.4. The first-order chi connectivity index (χ1) is 12.1. The van der Waals surface area contributed by atoms with Crippen LogP contribution in [-0.2, 0) is 4.79 Å². The molecule has 0 aliphatic carbocycles. The van der Waals surface area contributed by atoms with Gasteiger partial charge in [0.1, 0.15) is 5.82 Å². The number of anilines is 2. The number of rotatable bonds is 2. The minimum atomic E-state index is -0.312. The number of carbonyl (C=O) groups is 1. The van der Waals surface area contributed by atoms with E-state index in [4.69, 9.17) is 11.6 Å². The Kier molecular flexibility index (Phi) is 4.21. The lowest BCUT2D eigenvalue weighted by molar-refractivity contribution is -0.116. The second-order valence-electron chi connectivity index (χ2n) is 6.56. The third-order valence-corrected chi connectivity index (χ3v) is 5.12. The fraction of sp³-hybridized carbons (Fsp3) is 0.389.